The fraction of sp³-hybridized carbons (Fsp3) is 0.944. The van der Waals surface area contributed by atoms with Gasteiger partial charge in [0.1, 0.15) is 24.1 Å². The Labute approximate surface area is 149 Å². The minimum Gasteiger partial charge on any atom is -0.394 e. The molecular weight excluding hydrogens is 324 g/mol. The van der Waals surface area contributed by atoms with Crippen molar-refractivity contribution in [2.75, 3.05) is 32.8 Å². The minimum absolute atomic E-state index is 0.378. The fourth-order valence-electron chi connectivity index (χ4n) is 5.67. The second-order valence-electron chi connectivity index (χ2n) is 8.34. The molecule has 144 valence electrons. The molecule has 4 aliphatic heterocycles. The third-order valence-electron chi connectivity index (χ3n) is 6.43. The quantitative estimate of drug-likeness (QED) is 0.450. The molecule has 0 aliphatic carbocycles. The first kappa shape index (κ1) is 19.2. The van der Waals surface area contributed by atoms with Crippen LogP contribution in [0, 0.1) is 10.8 Å². The SMILES string of the molecule is CCCC12CN3CC(CCC)(CN(C1)C3[C@@H](O)[C@H](O)[C@H](O)CO)C2=O. The van der Waals surface area contributed by atoms with E-state index < -0.39 is 31.1 Å². The van der Waals surface area contributed by atoms with Gasteiger partial charge in [0.2, 0.25) is 0 Å². The molecule has 4 rings (SSSR count). The summed E-state index contributed by atoms with van der Waals surface area (Å²) in [6.07, 6.45) is -0.820. The number of carbonyl (C=O) groups is 1. The predicted molar refractivity (Wildman–Crippen MR) is 91.7 cm³/mol. The number of rotatable bonds is 8. The molecule has 25 heavy (non-hydrogen) atoms. The Morgan fingerprint density at radius 1 is 1.00 bits per heavy atom. The van der Waals surface area contributed by atoms with Gasteiger partial charge in [-0.05, 0) is 12.8 Å². The second kappa shape index (κ2) is 6.87. The first-order chi connectivity index (χ1) is 11.8. The summed E-state index contributed by atoms with van der Waals surface area (Å²) < 4.78 is 0. The van der Waals surface area contributed by atoms with Crippen LogP contribution in [0.5, 0.6) is 0 Å². The number of hydrogen-bond acceptors (Lipinski definition) is 7. The van der Waals surface area contributed by atoms with Gasteiger partial charge in [-0.2, -0.15) is 0 Å². The van der Waals surface area contributed by atoms with Crippen LogP contribution in [0.4, 0.5) is 0 Å². The summed E-state index contributed by atoms with van der Waals surface area (Å²) in [7, 11) is 0. The van der Waals surface area contributed by atoms with Crippen molar-refractivity contribution in [2.45, 2.75) is 64.0 Å². The zero-order valence-corrected chi connectivity index (χ0v) is 15.3. The Balaban J connectivity index is 1.89. The van der Waals surface area contributed by atoms with Crippen molar-refractivity contribution >= 4 is 5.78 Å². The number of Topliss-reactive ketones (excluding diaryl/α,β-unsaturated/α-hetero) is 1. The molecule has 0 aromatic rings. The standard InChI is InChI=1S/C18H32N2O5/c1-3-5-17-8-19-10-18(6-4-2,16(17)25)11-20(9-17)15(19)14(24)13(23)12(22)7-21/h12-15,21-24H,3-11H2,1-2H3/t12-,13-,14+,15?,17?,18?/m1/s1. The van der Waals surface area contributed by atoms with Crippen molar-refractivity contribution in [3.8, 4) is 0 Å². The molecule has 4 fully saturated rings. The summed E-state index contributed by atoms with van der Waals surface area (Å²) >= 11 is 0. The highest BCUT2D eigenvalue weighted by Gasteiger charge is 2.65. The van der Waals surface area contributed by atoms with Crippen molar-refractivity contribution in [1.29, 1.82) is 0 Å². The number of hydrogen-bond donors (Lipinski definition) is 4. The lowest BCUT2D eigenvalue weighted by Gasteiger charge is -2.67. The lowest BCUT2D eigenvalue weighted by Crippen LogP contribution is -2.81. The van der Waals surface area contributed by atoms with E-state index in [1.54, 1.807) is 0 Å². The molecule has 3 atom stereocenters. The van der Waals surface area contributed by atoms with Crippen LogP contribution in [-0.2, 0) is 4.79 Å². The molecule has 7 heteroatoms. The maximum Gasteiger partial charge on any atom is 0.150 e. The van der Waals surface area contributed by atoms with E-state index in [0.29, 0.717) is 32.0 Å². The van der Waals surface area contributed by atoms with Gasteiger partial charge < -0.3 is 20.4 Å². The molecule has 7 nitrogen and oxygen atoms in total. The third kappa shape index (κ3) is 2.85. The van der Waals surface area contributed by atoms with Gasteiger partial charge in [0.25, 0.3) is 0 Å². The van der Waals surface area contributed by atoms with Crippen LogP contribution in [0.2, 0.25) is 0 Å². The first-order valence-electron chi connectivity index (χ1n) is 9.52. The van der Waals surface area contributed by atoms with Crippen molar-refractivity contribution in [2.24, 2.45) is 10.8 Å². The Morgan fingerprint density at radius 2 is 1.44 bits per heavy atom. The number of ketones is 1. The van der Waals surface area contributed by atoms with Gasteiger partial charge in [0.05, 0.1) is 23.6 Å². The Hall–Kier alpha value is -0.570. The molecule has 4 heterocycles. The monoisotopic (exact) mass is 356 g/mol. The summed E-state index contributed by atoms with van der Waals surface area (Å²) in [6.45, 7) is 6.00. The molecule has 0 radical (unpaired) electrons. The van der Waals surface area contributed by atoms with Crippen LogP contribution in [-0.4, -0.2) is 93.3 Å². The van der Waals surface area contributed by atoms with Gasteiger partial charge in [-0.25, -0.2) is 0 Å². The molecular formula is C18H32N2O5. The van der Waals surface area contributed by atoms with Crippen molar-refractivity contribution < 1.29 is 25.2 Å². The maximum absolute atomic E-state index is 13.3. The lowest BCUT2D eigenvalue weighted by molar-refractivity contribution is -0.232. The van der Waals surface area contributed by atoms with E-state index in [1.165, 1.54) is 0 Å². The predicted octanol–water partition coefficient (Wildman–Crippen LogP) is -0.826. The molecule has 0 amide bonds. The van der Waals surface area contributed by atoms with Crippen LogP contribution in [0.3, 0.4) is 0 Å². The molecule has 0 aromatic heterocycles. The minimum atomic E-state index is -1.41. The van der Waals surface area contributed by atoms with Gasteiger partial charge in [0.15, 0.2) is 0 Å². The van der Waals surface area contributed by atoms with E-state index in [1.807, 2.05) is 0 Å². The average Bonchev–Trinajstić information content (AvgIpc) is 2.57. The zero-order valence-electron chi connectivity index (χ0n) is 15.3. The topological polar surface area (TPSA) is 104 Å². The number of piperidine rings is 2. The Morgan fingerprint density at radius 3 is 1.80 bits per heavy atom. The molecule has 0 saturated carbocycles. The normalized spacial score (nSPS) is 43.3. The third-order valence-corrected chi connectivity index (χ3v) is 6.43. The van der Waals surface area contributed by atoms with E-state index in [9.17, 15) is 20.1 Å². The van der Waals surface area contributed by atoms with Crippen molar-refractivity contribution in [1.82, 2.24) is 9.80 Å². The van der Waals surface area contributed by atoms with E-state index in [4.69, 9.17) is 5.11 Å². The van der Waals surface area contributed by atoms with Gasteiger partial charge >= 0.3 is 0 Å². The largest absolute Gasteiger partial charge is 0.394 e. The molecule has 0 aromatic carbocycles. The number of aliphatic hydroxyl groups excluding tert-OH is 4. The summed E-state index contributed by atoms with van der Waals surface area (Å²) in [4.78, 5) is 17.6. The number of aliphatic hydroxyl groups is 4. The van der Waals surface area contributed by atoms with Gasteiger partial charge in [-0.3, -0.25) is 14.6 Å². The summed E-state index contributed by atoms with van der Waals surface area (Å²) in [5.41, 5.74) is -0.756. The summed E-state index contributed by atoms with van der Waals surface area (Å²) in [5.74, 6) is 0.389. The van der Waals surface area contributed by atoms with Crippen LogP contribution in [0.1, 0.15) is 39.5 Å². The van der Waals surface area contributed by atoms with E-state index in [0.717, 1.165) is 25.7 Å². The molecule has 0 spiro atoms. The van der Waals surface area contributed by atoms with Gasteiger partial charge in [0, 0.05) is 26.2 Å². The Kier molecular flexibility index (Phi) is 5.27. The van der Waals surface area contributed by atoms with Crippen LogP contribution < -0.4 is 0 Å². The number of carbonyl (C=O) groups excluding carboxylic acids is 1. The number of nitrogens with zero attached hydrogens (tertiary/aromatic N) is 2. The second-order valence-corrected chi connectivity index (χ2v) is 8.34. The average molecular weight is 356 g/mol. The van der Waals surface area contributed by atoms with Crippen LogP contribution >= 0.6 is 0 Å². The summed E-state index contributed by atoms with van der Waals surface area (Å²) in [5, 5.41) is 39.6. The summed E-state index contributed by atoms with van der Waals surface area (Å²) in [6, 6.07) is 0. The highest BCUT2D eigenvalue weighted by atomic mass is 16.4. The zero-order chi connectivity index (χ0) is 18.4. The van der Waals surface area contributed by atoms with Crippen LogP contribution in [0.25, 0.3) is 0 Å². The van der Waals surface area contributed by atoms with E-state index >= 15 is 0 Å². The highest BCUT2D eigenvalue weighted by molar-refractivity contribution is 5.93. The van der Waals surface area contributed by atoms with Gasteiger partial charge in [-0.15, -0.1) is 0 Å². The Bertz CT molecular complexity index is 470. The molecule has 4 aliphatic rings. The first-order valence-corrected chi connectivity index (χ1v) is 9.52. The molecule has 0 unspecified atom stereocenters. The van der Waals surface area contributed by atoms with Crippen molar-refractivity contribution in [3.05, 3.63) is 0 Å². The molecule has 4 bridgehead atoms. The lowest BCUT2D eigenvalue weighted by atomic mass is 9.57. The van der Waals surface area contributed by atoms with Crippen molar-refractivity contribution in [3.63, 3.8) is 0 Å². The van der Waals surface area contributed by atoms with E-state index in [-0.39, 0.29) is 10.8 Å². The van der Waals surface area contributed by atoms with E-state index in [2.05, 4.69) is 23.6 Å². The highest BCUT2D eigenvalue weighted by Crippen LogP contribution is 2.52. The molecule has 4 saturated heterocycles. The maximum atomic E-state index is 13.3. The van der Waals surface area contributed by atoms with Crippen LogP contribution in [0.15, 0.2) is 0 Å². The molecule has 4 N–H and O–H groups in total. The van der Waals surface area contributed by atoms with Gasteiger partial charge in [-0.1, -0.05) is 26.7 Å². The fourth-order valence-corrected chi connectivity index (χ4v) is 5.67. The smallest absolute Gasteiger partial charge is 0.150 e.